The first kappa shape index (κ1) is 9.66. The Bertz CT molecular complexity index is 324. The molecule has 2 atom stereocenters. The molecular weight excluding hydrogens is 177 g/mol. The van der Waals surface area contributed by atoms with Crippen LogP contribution in [0.4, 0.5) is 4.39 Å². The van der Waals surface area contributed by atoms with E-state index in [0.29, 0.717) is 11.8 Å². The number of hydrogen-bond acceptors (Lipinski definition) is 1. The predicted molar refractivity (Wildman–Crippen MR) is 55.8 cm³/mol. The van der Waals surface area contributed by atoms with Crippen molar-refractivity contribution in [3.05, 3.63) is 35.6 Å². The van der Waals surface area contributed by atoms with E-state index in [1.807, 2.05) is 12.1 Å². The molecule has 0 aliphatic carbocycles. The van der Waals surface area contributed by atoms with Crippen molar-refractivity contribution < 1.29 is 4.39 Å². The molecule has 2 rings (SSSR count). The molecule has 0 radical (unpaired) electrons. The molecule has 1 aromatic rings. The minimum atomic E-state index is -0.0559. The number of likely N-dealkylation sites (N-methyl/N-ethyl adjacent to an activating group) is 1. The van der Waals surface area contributed by atoms with Crippen molar-refractivity contribution in [3.8, 4) is 0 Å². The average molecular weight is 193 g/mol. The summed E-state index contributed by atoms with van der Waals surface area (Å²) in [5, 5.41) is 0. The van der Waals surface area contributed by atoms with Crippen LogP contribution in [-0.2, 0) is 0 Å². The lowest BCUT2D eigenvalue weighted by atomic mass is 9.90. The predicted octanol–water partition coefficient (Wildman–Crippen LogP) is 2.49. The van der Waals surface area contributed by atoms with Crippen LogP contribution in [0, 0.1) is 11.7 Å². The summed E-state index contributed by atoms with van der Waals surface area (Å²) in [5.74, 6) is 0.859. The van der Waals surface area contributed by atoms with Gasteiger partial charge in [-0.25, -0.2) is 4.39 Å². The van der Waals surface area contributed by atoms with Gasteiger partial charge in [-0.05, 0) is 24.6 Å². The van der Waals surface area contributed by atoms with Gasteiger partial charge >= 0.3 is 0 Å². The topological polar surface area (TPSA) is 3.24 Å². The zero-order valence-electron chi connectivity index (χ0n) is 8.70. The molecule has 1 heterocycles. The fourth-order valence-electron chi connectivity index (χ4n) is 2.39. The Balaban J connectivity index is 2.27. The molecule has 0 N–H and O–H groups in total. The average Bonchev–Trinajstić information content (AvgIpc) is 2.46. The molecule has 1 aromatic carbocycles. The quantitative estimate of drug-likeness (QED) is 0.662. The third kappa shape index (κ3) is 1.67. The molecule has 0 amide bonds. The van der Waals surface area contributed by atoms with Crippen molar-refractivity contribution in [3.63, 3.8) is 0 Å². The van der Waals surface area contributed by atoms with E-state index in [-0.39, 0.29) is 5.82 Å². The van der Waals surface area contributed by atoms with Crippen LogP contribution in [-0.4, -0.2) is 25.0 Å². The molecule has 0 bridgehead atoms. The van der Waals surface area contributed by atoms with Gasteiger partial charge in [0.15, 0.2) is 0 Å². The highest BCUT2D eigenvalue weighted by molar-refractivity contribution is 5.24. The van der Waals surface area contributed by atoms with E-state index in [1.165, 1.54) is 0 Å². The van der Waals surface area contributed by atoms with Crippen molar-refractivity contribution in [2.24, 2.45) is 5.92 Å². The summed E-state index contributed by atoms with van der Waals surface area (Å²) in [5.41, 5.74) is 0.879. The van der Waals surface area contributed by atoms with E-state index in [1.54, 1.807) is 12.1 Å². The minimum absolute atomic E-state index is 0.0559. The SMILES string of the molecule is C[C@@H]1CN(C)C[C@H]1c1ccccc1F. The lowest BCUT2D eigenvalue weighted by Gasteiger charge is -2.15. The molecule has 2 heteroatoms. The van der Waals surface area contributed by atoms with E-state index in [0.717, 1.165) is 18.7 Å². The number of rotatable bonds is 1. The molecule has 0 aromatic heterocycles. The number of halogens is 1. The molecule has 14 heavy (non-hydrogen) atoms. The van der Waals surface area contributed by atoms with Crippen molar-refractivity contribution >= 4 is 0 Å². The summed E-state index contributed by atoms with van der Waals surface area (Å²) >= 11 is 0. The van der Waals surface area contributed by atoms with Gasteiger partial charge in [0.1, 0.15) is 5.82 Å². The Kier molecular flexibility index (Phi) is 2.55. The van der Waals surface area contributed by atoms with E-state index >= 15 is 0 Å². The van der Waals surface area contributed by atoms with Crippen LogP contribution >= 0.6 is 0 Å². The van der Waals surface area contributed by atoms with Crippen LogP contribution in [0.25, 0.3) is 0 Å². The third-order valence-electron chi connectivity index (χ3n) is 3.10. The Morgan fingerprint density at radius 3 is 2.57 bits per heavy atom. The molecule has 1 aliphatic heterocycles. The maximum atomic E-state index is 13.5. The molecule has 1 saturated heterocycles. The Labute approximate surface area is 84.5 Å². The molecule has 76 valence electrons. The second kappa shape index (κ2) is 3.70. The molecular formula is C12H16FN. The van der Waals surface area contributed by atoms with Gasteiger partial charge in [0.2, 0.25) is 0 Å². The lowest BCUT2D eigenvalue weighted by Crippen LogP contribution is -2.13. The Morgan fingerprint density at radius 1 is 1.29 bits per heavy atom. The maximum Gasteiger partial charge on any atom is 0.126 e. The summed E-state index contributed by atoms with van der Waals surface area (Å²) in [4.78, 5) is 2.27. The lowest BCUT2D eigenvalue weighted by molar-refractivity contribution is 0.400. The Morgan fingerprint density at radius 2 is 2.00 bits per heavy atom. The van der Waals surface area contributed by atoms with Gasteiger partial charge < -0.3 is 4.90 Å². The largest absolute Gasteiger partial charge is 0.305 e. The first-order valence-corrected chi connectivity index (χ1v) is 5.11. The van der Waals surface area contributed by atoms with Crippen LogP contribution < -0.4 is 0 Å². The molecule has 0 unspecified atom stereocenters. The standard InChI is InChI=1S/C12H16FN/c1-9-7-14(2)8-11(9)10-5-3-4-6-12(10)13/h3-6,9,11H,7-8H2,1-2H3/t9-,11-/m1/s1. The highest BCUT2D eigenvalue weighted by atomic mass is 19.1. The zero-order chi connectivity index (χ0) is 10.1. The smallest absolute Gasteiger partial charge is 0.126 e. The molecule has 0 spiro atoms. The van der Waals surface area contributed by atoms with Crippen LogP contribution in [0.2, 0.25) is 0 Å². The number of hydrogen-bond donors (Lipinski definition) is 0. The van der Waals surface area contributed by atoms with E-state index in [9.17, 15) is 4.39 Å². The monoisotopic (exact) mass is 193 g/mol. The molecule has 1 nitrogen and oxygen atoms in total. The van der Waals surface area contributed by atoms with Crippen LogP contribution in [0.3, 0.4) is 0 Å². The van der Waals surface area contributed by atoms with Crippen LogP contribution in [0.15, 0.2) is 24.3 Å². The Hall–Kier alpha value is -0.890. The summed E-state index contributed by atoms with van der Waals surface area (Å²) in [7, 11) is 2.09. The third-order valence-corrected chi connectivity index (χ3v) is 3.10. The minimum Gasteiger partial charge on any atom is -0.305 e. The van der Waals surface area contributed by atoms with Crippen LogP contribution in [0.5, 0.6) is 0 Å². The van der Waals surface area contributed by atoms with Gasteiger partial charge in [-0.1, -0.05) is 25.1 Å². The van der Waals surface area contributed by atoms with Crippen molar-refractivity contribution in [2.45, 2.75) is 12.8 Å². The van der Waals surface area contributed by atoms with Gasteiger partial charge in [0.25, 0.3) is 0 Å². The van der Waals surface area contributed by atoms with Gasteiger partial charge in [0, 0.05) is 19.0 Å². The van der Waals surface area contributed by atoms with E-state index in [4.69, 9.17) is 0 Å². The molecule has 1 aliphatic rings. The maximum absolute atomic E-state index is 13.5. The summed E-state index contributed by atoms with van der Waals surface area (Å²) in [6.45, 7) is 4.24. The fourth-order valence-corrected chi connectivity index (χ4v) is 2.39. The van der Waals surface area contributed by atoms with Crippen molar-refractivity contribution in [1.29, 1.82) is 0 Å². The summed E-state index contributed by atoms with van der Waals surface area (Å²) in [6, 6.07) is 7.14. The number of benzene rings is 1. The van der Waals surface area contributed by atoms with Crippen molar-refractivity contribution in [1.82, 2.24) is 4.90 Å². The van der Waals surface area contributed by atoms with Gasteiger partial charge in [-0.15, -0.1) is 0 Å². The second-order valence-electron chi connectivity index (χ2n) is 4.33. The summed E-state index contributed by atoms with van der Waals surface area (Å²) in [6.07, 6.45) is 0. The van der Waals surface area contributed by atoms with E-state index in [2.05, 4.69) is 18.9 Å². The highest BCUT2D eigenvalue weighted by Gasteiger charge is 2.29. The zero-order valence-corrected chi connectivity index (χ0v) is 8.70. The molecule has 1 fully saturated rings. The first-order chi connectivity index (χ1) is 6.68. The summed E-state index contributed by atoms with van der Waals surface area (Å²) < 4.78 is 13.5. The van der Waals surface area contributed by atoms with Gasteiger partial charge in [-0.2, -0.15) is 0 Å². The van der Waals surface area contributed by atoms with E-state index < -0.39 is 0 Å². The highest BCUT2D eigenvalue weighted by Crippen LogP contribution is 2.32. The normalized spacial score (nSPS) is 28.2. The molecule has 0 saturated carbocycles. The van der Waals surface area contributed by atoms with Gasteiger partial charge in [0.05, 0.1) is 0 Å². The first-order valence-electron chi connectivity index (χ1n) is 5.11. The second-order valence-corrected chi connectivity index (χ2v) is 4.33. The van der Waals surface area contributed by atoms with Gasteiger partial charge in [-0.3, -0.25) is 0 Å². The fraction of sp³-hybridized carbons (Fsp3) is 0.500. The van der Waals surface area contributed by atoms with Crippen LogP contribution in [0.1, 0.15) is 18.4 Å². The number of likely N-dealkylation sites (tertiary alicyclic amines) is 1. The van der Waals surface area contributed by atoms with Crippen molar-refractivity contribution in [2.75, 3.05) is 20.1 Å². The number of nitrogens with zero attached hydrogens (tertiary/aromatic N) is 1.